The Labute approximate surface area is 203 Å². The van der Waals surface area contributed by atoms with Crippen LogP contribution in [0, 0.1) is 13.8 Å². The van der Waals surface area contributed by atoms with Crippen LogP contribution in [0.4, 0.5) is 0 Å². The highest BCUT2D eigenvalue weighted by atomic mass is 16.5. The number of carbonyl (C=O) groups is 1. The highest BCUT2D eigenvalue weighted by Gasteiger charge is 2.28. The van der Waals surface area contributed by atoms with E-state index >= 15 is 0 Å². The molecule has 0 aliphatic heterocycles. The fourth-order valence-electron chi connectivity index (χ4n) is 4.52. The van der Waals surface area contributed by atoms with Crippen molar-refractivity contribution in [2.24, 2.45) is 0 Å². The molecule has 3 rings (SSSR count). The van der Waals surface area contributed by atoms with E-state index in [0.717, 1.165) is 33.4 Å². The van der Waals surface area contributed by atoms with Crippen molar-refractivity contribution in [3.05, 3.63) is 93.0 Å². The summed E-state index contributed by atoms with van der Waals surface area (Å²) in [7, 11) is 1.63. The zero-order chi connectivity index (χ0) is 25.4. The highest BCUT2D eigenvalue weighted by molar-refractivity contribution is 5.97. The van der Waals surface area contributed by atoms with Crippen molar-refractivity contribution in [1.29, 1.82) is 0 Å². The number of carbonyl (C=O) groups excluding carboxylic acids is 1. The van der Waals surface area contributed by atoms with Crippen LogP contribution >= 0.6 is 0 Å². The van der Waals surface area contributed by atoms with Gasteiger partial charge in [-0.3, -0.25) is 4.79 Å². The molecule has 34 heavy (non-hydrogen) atoms. The molecule has 0 radical (unpaired) electrons. The number of hydrogen-bond acceptors (Lipinski definition) is 4. The Balaban J connectivity index is 2.01. The molecule has 0 heterocycles. The van der Waals surface area contributed by atoms with Crippen molar-refractivity contribution in [2.75, 3.05) is 7.11 Å². The summed E-state index contributed by atoms with van der Waals surface area (Å²) in [5, 5.41) is 20.7. The highest BCUT2D eigenvalue weighted by Crippen LogP contribution is 2.39. The Morgan fingerprint density at radius 3 is 1.65 bits per heavy atom. The molecule has 3 aromatic carbocycles. The lowest BCUT2D eigenvalue weighted by Gasteiger charge is -2.30. The summed E-state index contributed by atoms with van der Waals surface area (Å²) >= 11 is 0. The van der Waals surface area contributed by atoms with Gasteiger partial charge in [0.05, 0.1) is 12.2 Å². The van der Waals surface area contributed by atoms with Crippen LogP contribution in [0.2, 0.25) is 0 Å². The molecule has 180 valence electrons. The molecule has 0 saturated carbocycles. The molecule has 0 bridgehead atoms. The first-order chi connectivity index (χ1) is 15.8. The number of ether oxygens (including phenoxy) is 1. The van der Waals surface area contributed by atoms with Gasteiger partial charge in [-0.2, -0.15) is 0 Å². The number of benzene rings is 3. The number of phenolic OH excluding ortho intramolecular Hbond substituents is 2. The minimum absolute atomic E-state index is 0.0566. The van der Waals surface area contributed by atoms with Crippen LogP contribution in [0.3, 0.4) is 0 Å². The van der Waals surface area contributed by atoms with Gasteiger partial charge in [-0.05, 0) is 66.3 Å². The lowest BCUT2D eigenvalue weighted by Crippen LogP contribution is -2.22. The van der Waals surface area contributed by atoms with Crippen LogP contribution in [0.1, 0.15) is 83.9 Å². The van der Waals surface area contributed by atoms with E-state index in [-0.39, 0.29) is 28.1 Å². The number of hydrogen-bond donors (Lipinski definition) is 2. The van der Waals surface area contributed by atoms with Crippen LogP contribution in [-0.2, 0) is 22.2 Å². The summed E-state index contributed by atoms with van der Waals surface area (Å²) in [5.74, 6) is 0.196. The van der Waals surface area contributed by atoms with Crippen molar-refractivity contribution < 1.29 is 19.7 Å². The number of methoxy groups -OCH3 is 1. The molecule has 0 amide bonds. The van der Waals surface area contributed by atoms with Crippen LogP contribution in [0.25, 0.3) is 0 Å². The third-order valence-corrected chi connectivity index (χ3v) is 7.13. The fraction of sp³-hybridized carbons (Fsp3) is 0.367. The molecule has 0 saturated heterocycles. The summed E-state index contributed by atoms with van der Waals surface area (Å²) < 4.78 is 5.27. The maximum Gasteiger partial charge on any atom is 0.163 e. The van der Waals surface area contributed by atoms with Gasteiger partial charge >= 0.3 is 0 Å². The average molecular weight is 461 g/mol. The zero-order valence-corrected chi connectivity index (χ0v) is 21.5. The minimum atomic E-state index is -0.355. The molecule has 0 aromatic heterocycles. The zero-order valence-electron chi connectivity index (χ0n) is 21.5. The van der Waals surface area contributed by atoms with Gasteiger partial charge in [-0.25, -0.2) is 0 Å². The third kappa shape index (κ3) is 4.60. The fourth-order valence-corrected chi connectivity index (χ4v) is 4.52. The molecule has 0 aliphatic rings. The van der Waals surface area contributed by atoms with Crippen LogP contribution < -0.4 is 0 Å². The monoisotopic (exact) mass is 460 g/mol. The van der Waals surface area contributed by atoms with Crippen LogP contribution in [0.5, 0.6) is 11.5 Å². The Bertz CT molecular complexity index is 1220. The molecule has 4 nitrogen and oxygen atoms in total. The molecule has 0 unspecified atom stereocenters. The van der Waals surface area contributed by atoms with Gasteiger partial charge in [0.2, 0.25) is 0 Å². The van der Waals surface area contributed by atoms with E-state index < -0.39 is 0 Å². The number of rotatable bonds is 7. The van der Waals surface area contributed by atoms with Gasteiger partial charge < -0.3 is 14.9 Å². The van der Waals surface area contributed by atoms with Crippen molar-refractivity contribution in [3.63, 3.8) is 0 Å². The predicted octanol–water partition coefficient (Wildman–Crippen LogP) is 6.72. The summed E-state index contributed by atoms with van der Waals surface area (Å²) in [5.41, 5.74) is 6.41. The molecule has 0 atom stereocenters. The van der Waals surface area contributed by atoms with Gasteiger partial charge in [0.15, 0.2) is 5.78 Å². The summed E-state index contributed by atoms with van der Waals surface area (Å²) in [4.78, 5) is 12.1. The largest absolute Gasteiger partial charge is 0.507 e. The molecule has 0 aliphatic carbocycles. The van der Waals surface area contributed by atoms with E-state index in [1.807, 2.05) is 32.0 Å². The Morgan fingerprint density at radius 2 is 1.21 bits per heavy atom. The lowest BCUT2D eigenvalue weighted by molar-refractivity contribution is 0.101. The Hall–Kier alpha value is -3.11. The molecular weight excluding hydrogens is 424 g/mol. The summed E-state index contributed by atoms with van der Waals surface area (Å²) in [6.45, 7) is 14.2. The summed E-state index contributed by atoms with van der Waals surface area (Å²) in [6, 6.07) is 16.4. The van der Waals surface area contributed by atoms with E-state index in [0.29, 0.717) is 17.7 Å². The molecule has 4 heteroatoms. The Morgan fingerprint density at radius 1 is 0.765 bits per heavy atom. The first-order valence-electron chi connectivity index (χ1n) is 11.6. The van der Waals surface area contributed by atoms with E-state index in [1.54, 1.807) is 13.2 Å². The second-order valence-corrected chi connectivity index (χ2v) is 10.3. The SMILES string of the molecule is COCc1cc(C(C)(C)c2ccc(C(C)(C)c3cc(C)c(O)c(C(C)=O)c3)cc2)cc(C)c1O. The van der Waals surface area contributed by atoms with Gasteiger partial charge in [0, 0.05) is 23.5 Å². The maximum atomic E-state index is 12.1. The number of aryl methyl sites for hydroxylation is 2. The summed E-state index contributed by atoms with van der Waals surface area (Å²) in [6.07, 6.45) is 0. The predicted molar refractivity (Wildman–Crippen MR) is 137 cm³/mol. The van der Waals surface area contributed by atoms with Gasteiger partial charge in [0.1, 0.15) is 11.5 Å². The van der Waals surface area contributed by atoms with E-state index in [1.165, 1.54) is 6.92 Å². The number of aromatic hydroxyl groups is 2. The van der Waals surface area contributed by atoms with E-state index in [4.69, 9.17) is 4.74 Å². The van der Waals surface area contributed by atoms with Crippen molar-refractivity contribution in [1.82, 2.24) is 0 Å². The first-order valence-corrected chi connectivity index (χ1v) is 11.6. The van der Waals surface area contributed by atoms with Gasteiger partial charge in [0.25, 0.3) is 0 Å². The van der Waals surface area contributed by atoms with Gasteiger partial charge in [-0.1, -0.05) is 64.1 Å². The smallest absolute Gasteiger partial charge is 0.163 e. The standard InChI is InChI=1S/C30H36O4/c1-18-13-24(15-21(17-34-8)27(18)32)29(4,5)22-9-11-23(12-10-22)30(6,7)25-14-19(2)28(33)26(16-25)20(3)31/h9-16,32-33H,17H2,1-8H3. The lowest BCUT2D eigenvalue weighted by atomic mass is 9.73. The first kappa shape index (κ1) is 25.5. The second kappa shape index (κ2) is 9.27. The van der Waals surface area contributed by atoms with Crippen molar-refractivity contribution >= 4 is 5.78 Å². The molecule has 0 spiro atoms. The van der Waals surface area contributed by atoms with Crippen LogP contribution in [0.15, 0.2) is 48.5 Å². The normalized spacial score (nSPS) is 12.1. The molecule has 3 aromatic rings. The number of phenols is 2. The van der Waals surface area contributed by atoms with E-state index in [2.05, 4.69) is 52.0 Å². The van der Waals surface area contributed by atoms with Crippen molar-refractivity contribution in [3.8, 4) is 11.5 Å². The topological polar surface area (TPSA) is 66.8 Å². The average Bonchev–Trinajstić information content (AvgIpc) is 2.78. The quantitative estimate of drug-likeness (QED) is 0.384. The van der Waals surface area contributed by atoms with Gasteiger partial charge in [-0.15, -0.1) is 0 Å². The Kier molecular flexibility index (Phi) is 6.95. The third-order valence-electron chi connectivity index (χ3n) is 7.13. The van der Waals surface area contributed by atoms with Crippen LogP contribution in [-0.4, -0.2) is 23.1 Å². The molecule has 2 N–H and O–H groups in total. The molecular formula is C30H36O4. The minimum Gasteiger partial charge on any atom is -0.507 e. The second-order valence-electron chi connectivity index (χ2n) is 10.3. The van der Waals surface area contributed by atoms with Crippen molar-refractivity contribution in [2.45, 2.75) is 65.9 Å². The molecule has 0 fully saturated rings. The number of Topliss-reactive ketones (excluding diaryl/α,β-unsaturated/α-hetero) is 1. The maximum absolute atomic E-state index is 12.1. The number of ketones is 1. The van der Waals surface area contributed by atoms with E-state index in [9.17, 15) is 15.0 Å².